The van der Waals surface area contributed by atoms with E-state index in [1.54, 1.807) is 24.3 Å². The summed E-state index contributed by atoms with van der Waals surface area (Å²) in [5.41, 5.74) is 4.39. The first kappa shape index (κ1) is 26.0. The monoisotopic (exact) mass is 516 g/mol. The fourth-order valence-electron chi connectivity index (χ4n) is 3.85. The molecule has 1 fully saturated rings. The summed E-state index contributed by atoms with van der Waals surface area (Å²) in [7, 11) is 0. The summed E-state index contributed by atoms with van der Waals surface area (Å²) in [6.07, 6.45) is 1.66. The molecule has 0 aromatic heterocycles. The van der Waals surface area contributed by atoms with Gasteiger partial charge in [0, 0.05) is 5.69 Å². The number of anilines is 1. The molecule has 190 valence electrons. The Morgan fingerprint density at radius 2 is 1.70 bits per heavy atom. The van der Waals surface area contributed by atoms with Crippen LogP contribution in [0, 0.1) is 13.8 Å². The van der Waals surface area contributed by atoms with E-state index >= 15 is 0 Å². The number of hydrogen-bond acceptors (Lipinski definition) is 6. The molecule has 37 heavy (non-hydrogen) atoms. The van der Waals surface area contributed by atoms with E-state index in [1.165, 1.54) is 4.90 Å². The molecule has 0 spiro atoms. The second-order valence-corrected chi connectivity index (χ2v) is 9.60. The van der Waals surface area contributed by atoms with E-state index in [4.69, 9.17) is 9.47 Å². The molecule has 8 heteroatoms. The SMILES string of the molecule is CCOc1cc(/C=C2\SC(=O)N(Cc3cccc(C)c3)C2=O)ccc1OCC(=O)Nc1cccc(C)c1. The van der Waals surface area contributed by atoms with E-state index in [0.717, 1.165) is 28.5 Å². The Kier molecular flexibility index (Phi) is 8.30. The maximum absolute atomic E-state index is 13.0. The maximum atomic E-state index is 13.0. The number of carbonyl (C=O) groups excluding carboxylic acids is 3. The lowest BCUT2D eigenvalue weighted by Crippen LogP contribution is -2.27. The first-order chi connectivity index (χ1) is 17.8. The molecule has 0 radical (unpaired) electrons. The van der Waals surface area contributed by atoms with Gasteiger partial charge in [-0.3, -0.25) is 19.3 Å². The number of thioether (sulfide) groups is 1. The van der Waals surface area contributed by atoms with Gasteiger partial charge in [-0.1, -0.05) is 48.0 Å². The van der Waals surface area contributed by atoms with Crippen molar-refractivity contribution in [1.29, 1.82) is 0 Å². The number of amides is 3. The van der Waals surface area contributed by atoms with E-state index in [2.05, 4.69) is 5.32 Å². The third kappa shape index (κ3) is 6.80. The first-order valence-electron chi connectivity index (χ1n) is 11.9. The van der Waals surface area contributed by atoms with Crippen LogP contribution in [0.25, 0.3) is 6.08 Å². The molecule has 3 amide bonds. The standard InChI is InChI=1S/C29H28N2O5S/c1-4-35-25-15-21(11-12-24(25)36-18-27(32)30-23-10-6-8-20(3)14-23)16-26-28(33)31(29(34)37-26)17-22-9-5-7-19(2)13-22/h5-16H,4,17-18H2,1-3H3,(H,30,32)/b26-16-. The second-order valence-electron chi connectivity index (χ2n) is 8.60. The van der Waals surface area contributed by atoms with Gasteiger partial charge in [0.25, 0.3) is 17.1 Å². The molecule has 1 aliphatic heterocycles. The Balaban J connectivity index is 1.44. The van der Waals surface area contributed by atoms with Crippen LogP contribution >= 0.6 is 11.8 Å². The minimum atomic E-state index is -0.331. The molecule has 3 aromatic rings. The fourth-order valence-corrected chi connectivity index (χ4v) is 4.68. The van der Waals surface area contributed by atoms with E-state index < -0.39 is 0 Å². The molecular weight excluding hydrogens is 488 g/mol. The first-order valence-corrected chi connectivity index (χ1v) is 12.7. The summed E-state index contributed by atoms with van der Waals surface area (Å²) in [6.45, 7) is 6.19. The van der Waals surface area contributed by atoms with E-state index in [9.17, 15) is 14.4 Å². The zero-order chi connectivity index (χ0) is 26.4. The van der Waals surface area contributed by atoms with Gasteiger partial charge in [-0.05, 0) is 79.6 Å². The molecule has 1 saturated heterocycles. The predicted octanol–water partition coefficient (Wildman–Crippen LogP) is 5.96. The molecule has 7 nitrogen and oxygen atoms in total. The lowest BCUT2D eigenvalue weighted by Gasteiger charge is -2.13. The number of ether oxygens (including phenoxy) is 2. The highest BCUT2D eigenvalue weighted by Gasteiger charge is 2.35. The summed E-state index contributed by atoms with van der Waals surface area (Å²) in [6, 6.07) is 20.4. The van der Waals surface area contributed by atoms with Crippen LogP contribution < -0.4 is 14.8 Å². The van der Waals surface area contributed by atoms with E-state index in [1.807, 2.05) is 69.3 Å². The van der Waals surface area contributed by atoms with Gasteiger partial charge >= 0.3 is 0 Å². The highest BCUT2D eigenvalue weighted by molar-refractivity contribution is 8.18. The van der Waals surface area contributed by atoms with Gasteiger partial charge < -0.3 is 14.8 Å². The van der Waals surface area contributed by atoms with Crippen molar-refractivity contribution < 1.29 is 23.9 Å². The third-order valence-corrected chi connectivity index (χ3v) is 6.43. The molecule has 0 atom stereocenters. The van der Waals surface area contributed by atoms with Gasteiger partial charge in [0.05, 0.1) is 18.1 Å². The molecule has 1 aliphatic rings. The Morgan fingerprint density at radius 1 is 0.946 bits per heavy atom. The van der Waals surface area contributed by atoms with Crippen LogP contribution in [0.5, 0.6) is 11.5 Å². The van der Waals surface area contributed by atoms with Gasteiger partial charge in [0.2, 0.25) is 0 Å². The van der Waals surface area contributed by atoms with Crippen molar-refractivity contribution in [3.05, 3.63) is 93.9 Å². The second kappa shape index (κ2) is 11.8. The number of nitrogens with one attached hydrogen (secondary N) is 1. The van der Waals surface area contributed by atoms with Crippen molar-refractivity contribution in [2.75, 3.05) is 18.5 Å². The summed E-state index contributed by atoms with van der Waals surface area (Å²) in [4.78, 5) is 39.4. The Bertz CT molecular complexity index is 1370. The Morgan fingerprint density at radius 3 is 2.43 bits per heavy atom. The minimum absolute atomic E-state index is 0.189. The summed E-state index contributed by atoms with van der Waals surface area (Å²) in [5, 5.41) is 2.50. The number of hydrogen-bond donors (Lipinski definition) is 1. The van der Waals surface area contributed by atoms with Crippen LogP contribution in [0.3, 0.4) is 0 Å². The van der Waals surface area contributed by atoms with Crippen LogP contribution in [0.15, 0.2) is 71.6 Å². The van der Waals surface area contributed by atoms with Crippen LogP contribution in [-0.4, -0.2) is 35.2 Å². The highest BCUT2D eigenvalue weighted by atomic mass is 32.2. The number of carbonyl (C=O) groups is 3. The molecule has 0 bridgehead atoms. The average molecular weight is 517 g/mol. The smallest absolute Gasteiger partial charge is 0.293 e. The molecule has 3 aromatic carbocycles. The predicted molar refractivity (Wildman–Crippen MR) is 146 cm³/mol. The number of aryl methyl sites for hydroxylation is 2. The molecular formula is C29H28N2O5S. The number of nitrogens with zero attached hydrogens (tertiary/aromatic N) is 1. The van der Waals surface area contributed by atoms with Gasteiger partial charge in [-0.2, -0.15) is 0 Å². The van der Waals surface area contributed by atoms with Crippen molar-refractivity contribution in [1.82, 2.24) is 4.90 Å². The van der Waals surface area contributed by atoms with Crippen molar-refractivity contribution in [2.24, 2.45) is 0 Å². The van der Waals surface area contributed by atoms with Crippen molar-refractivity contribution in [3.8, 4) is 11.5 Å². The summed E-state index contributed by atoms with van der Waals surface area (Å²) >= 11 is 0.913. The Hall–Kier alpha value is -4.04. The maximum Gasteiger partial charge on any atom is 0.293 e. The van der Waals surface area contributed by atoms with Gasteiger partial charge in [-0.25, -0.2) is 0 Å². The quantitative estimate of drug-likeness (QED) is 0.354. The van der Waals surface area contributed by atoms with Gasteiger partial charge in [0.1, 0.15) is 0 Å². The summed E-state index contributed by atoms with van der Waals surface area (Å²) in [5.74, 6) is 0.228. The molecule has 1 heterocycles. The molecule has 0 unspecified atom stereocenters. The molecule has 4 rings (SSSR count). The van der Waals surface area contributed by atoms with Gasteiger partial charge in [0.15, 0.2) is 18.1 Å². The number of rotatable bonds is 9. The van der Waals surface area contributed by atoms with Gasteiger partial charge in [-0.15, -0.1) is 0 Å². The summed E-state index contributed by atoms with van der Waals surface area (Å²) < 4.78 is 11.4. The fraction of sp³-hybridized carbons (Fsp3) is 0.207. The topological polar surface area (TPSA) is 84.9 Å². The van der Waals surface area contributed by atoms with Crippen LogP contribution in [0.2, 0.25) is 0 Å². The average Bonchev–Trinajstić information content (AvgIpc) is 3.11. The van der Waals surface area contributed by atoms with Crippen LogP contribution in [0.4, 0.5) is 10.5 Å². The zero-order valence-electron chi connectivity index (χ0n) is 20.9. The van der Waals surface area contributed by atoms with E-state index in [0.29, 0.717) is 34.3 Å². The lowest BCUT2D eigenvalue weighted by molar-refractivity contribution is -0.123. The third-order valence-electron chi connectivity index (χ3n) is 5.52. The van der Waals surface area contributed by atoms with Crippen molar-refractivity contribution in [2.45, 2.75) is 27.3 Å². The van der Waals surface area contributed by atoms with E-state index in [-0.39, 0.29) is 30.2 Å². The minimum Gasteiger partial charge on any atom is -0.490 e. The number of benzene rings is 3. The highest BCUT2D eigenvalue weighted by Crippen LogP contribution is 2.35. The number of imide groups is 1. The van der Waals surface area contributed by atoms with Crippen LogP contribution in [-0.2, 0) is 16.1 Å². The van der Waals surface area contributed by atoms with Crippen LogP contribution in [0.1, 0.15) is 29.2 Å². The zero-order valence-corrected chi connectivity index (χ0v) is 21.8. The Labute approximate surface area is 220 Å². The largest absolute Gasteiger partial charge is 0.490 e. The lowest BCUT2D eigenvalue weighted by atomic mass is 10.1. The normalized spacial score (nSPS) is 14.2. The molecule has 0 aliphatic carbocycles. The molecule has 1 N–H and O–H groups in total. The van der Waals surface area contributed by atoms with Crippen molar-refractivity contribution >= 4 is 40.6 Å². The molecule has 0 saturated carbocycles. The van der Waals surface area contributed by atoms with Crippen molar-refractivity contribution in [3.63, 3.8) is 0 Å².